The van der Waals surface area contributed by atoms with Crippen molar-refractivity contribution in [1.82, 2.24) is 9.29 Å². The molecule has 1 saturated heterocycles. The van der Waals surface area contributed by atoms with E-state index in [-0.39, 0.29) is 10.8 Å². The number of nitrogens with zero attached hydrogens (tertiary/aromatic N) is 2. The molecule has 0 atom stereocenters. The molecule has 1 aromatic heterocycles. The van der Waals surface area contributed by atoms with Gasteiger partial charge in [-0.05, 0) is 62.2 Å². The third-order valence-corrected chi connectivity index (χ3v) is 6.88. The number of pyridine rings is 1. The molecule has 28 heavy (non-hydrogen) atoms. The fourth-order valence-corrected chi connectivity index (χ4v) is 4.94. The number of nitrogens with one attached hydrogen (secondary N) is 1. The smallest absolute Gasteiger partial charge is 0.255 e. The Balaban J connectivity index is 1.57. The molecule has 1 aliphatic rings. The van der Waals surface area contributed by atoms with Crippen molar-refractivity contribution in [3.8, 4) is 0 Å². The molecule has 1 amide bonds. The van der Waals surface area contributed by atoms with Gasteiger partial charge >= 0.3 is 0 Å². The number of benzene rings is 2. The number of hydrogen-bond acceptors (Lipinski definition) is 4. The number of fused-ring (bicyclic) bond motifs is 1. The highest BCUT2D eigenvalue weighted by molar-refractivity contribution is 7.89. The number of rotatable bonds is 4. The molecule has 1 fully saturated rings. The van der Waals surface area contributed by atoms with Crippen molar-refractivity contribution in [1.29, 1.82) is 0 Å². The standard InChI is InChI=1S/C21H21N3O3S/c1-15-4-9-19-18(14-15)20(10-11-22-19)23-21(25)16-5-7-17(8-6-16)28(26,27)24-12-2-3-13-24/h4-11,14H,2-3,12-13H2,1H3,(H,22,23,25). The van der Waals surface area contributed by atoms with Crippen LogP contribution in [0.1, 0.15) is 28.8 Å². The molecule has 7 heteroatoms. The third kappa shape index (κ3) is 3.50. The van der Waals surface area contributed by atoms with Gasteiger partial charge in [0.15, 0.2) is 0 Å². The summed E-state index contributed by atoms with van der Waals surface area (Å²) in [6.07, 6.45) is 3.43. The molecule has 6 nitrogen and oxygen atoms in total. The van der Waals surface area contributed by atoms with Crippen LogP contribution in [0.25, 0.3) is 10.9 Å². The van der Waals surface area contributed by atoms with E-state index < -0.39 is 10.0 Å². The van der Waals surface area contributed by atoms with E-state index in [0.29, 0.717) is 24.3 Å². The third-order valence-electron chi connectivity index (χ3n) is 4.96. The first-order valence-electron chi connectivity index (χ1n) is 9.22. The summed E-state index contributed by atoms with van der Waals surface area (Å²) in [7, 11) is -3.48. The number of amides is 1. The maximum atomic E-state index is 12.7. The van der Waals surface area contributed by atoms with E-state index in [0.717, 1.165) is 29.3 Å². The van der Waals surface area contributed by atoms with Crippen LogP contribution in [0.3, 0.4) is 0 Å². The van der Waals surface area contributed by atoms with Gasteiger partial charge in [-0.2, -0.15) is 4.31 Å². The number of aromatic nitrogens is 1. The largest absolute Gasteiger partial charge is 0.321 e. The van der Waals surface area contributed by atoms with Gasteiger partial charge < -0.3 is 5.32 Å². The van der Waals surface area contributed by atoms with Crippen LogP contribution in [0.15, 0.2) is 59.6 Å². The summed E-state index contributed by atoms with van der Waals surface area (Å²) in [4.78, 5) is 17.2. The monoisotopic (exact) mass is 395 g/mol. The molecule has 0 bridgehead atoms. The molecule has 4 rings (SSSR count). The zero-order valence-electron chi connectivity index (χ0n) is 15.6. The fourth-order valence-electron chi connectivity index (χ4n) is 3.42. The topological polar surface area (TPSA) is 79.4 Å². The number of hydrogen-bond donors (Lipinski definition) is 1. The molecule has 0 radical (unpaired) electrons. The quantitative estimate of drug-likeness (QED) is 0.732. The van der Waals surface area contributed by atoms with Gasteiger partial charge in [0.05, 0.1) is 16.1 Å². The molecule has 0 aliphatic carbocycles. The lowest BCUT2D eigenvalue weighted by Gasteiger charge is -2.15. The minimum absolute atomic E-state index is 0.218. The Labute approximate surface area is 164 Å². The van der Waals surface area contributed by atoms with Gasteiger partial charge in [0, 0.05) is 30.2 Å². The van der Waals surface area contributed by atoms with Crippen LogP contribution >= 0.6 is 0 Å². The summed E-state index contributed by atoms with van der Waals surface area (Å²) in [5.41, 5.74) is 2.95. The van der Waals surface area contributed by atoms with Gasteiger partial charge in [-0.15, -0.1) is 0 Å². The maximum absolute atomic E-state index is 12.7. The van der Waals surface area contributed by atoms with Crippen molar-refractivity contribution < 1.29 is 13.2 Å². The number of carbonyl (C=O) groups is 1. The maximum Gasteiger partial charge on any atom is 0.255 e. The molecule has 2 aromatic carbocycles. The Morgan fingerprint density at radius 3 is 2.46 bits per heavy atom. The highest BCUT2D eigenvalue weighted by atomic mass is 32.2. The van der Waals surface area contributed by atoms with E-state index in [1.165, 1.54) is 16.4 Å². The molecule has 2 heterocycles. The fraction of sp³-hybridized carbons (Fsp3) is 0.238. The second kappa shape index (κ2) is 7.33. The number of anilines is 1. The normalized spacial score (nSPS) is 15.0. The van der Waals surface area contributed by atoms with Crippen molar-refractivity contribution in [2.75, 3.05) is 18.4 Å². The Kier molecular flexibility index (Phi) is 4.87. The lowest BCUT2D eigenvalue weighted by molar-refractivity contribution is 0.102. The van der Waals surface area contributed by atoms with Crippen molar-refractivity contribution in [3.05, 3.63) is 65.9 Å². The van der Waals surface area contributed by atoms with E-state index >= 15 is 0 Å². The first-order valence-corrected chi connectivity index (χ1v) is 10.7. The van der Waals surface area contributed by atoms with E-state index in [1.807, 2.05) is 25.1 Å². The molecule has 144 valence electrons. The van der Waals surface area contributed by atoms with Crippen LogP contribution in [0.5, 0.6) is 0 Å². The lowest BCUT2D eigenvalue weighted by Crippen LogP contribution is -2.27. The predicted octanol–water partition coefficient (Wildman–Crippen LogP) is 3.58. The Morgan fingerprint density at radius 1 is 1.04 bits per heavy atom. The van der Waals surface area contributed by atoms with Gasteiger partial charge in [0.1, 0.15) is 0 Å². The van der Waals surface area contributed by atoms with Gasteiger partial charge in [-0.3, -0.25) is 9.78 Å². The summed E-state index contributed by atoms with van der Waals surface area (Å²) >= 11 is 0. The van der Waals surface area contributed by atoms with E-state index in [2.05, 4.69) is 10.3 Å². The molecule has 0 unspecified atom stereocenters. The number of carbonyl (C=O) groups excluding carboxylic acids is 1. The van der Waals surface area contributed by atoms with Gasteiger partial charge in [0.2, 0.25) is 10.0 Å². The second-order valence-corrected chi connectivity index (χ2v) is 8.91. The second-order valence-electron chi connectivity index (χ2n) is 6.97. The zero-order valence-corrected chi connectivity index (χ0v) is 16.4. The average Bonchev–Trinajstić information content (AvgIpc) is 3.24. The number of aryl methyl sites for hydroxylation is 1. The van der Waals surface area contributed by atoms with Crippen LogP contribution in [-0.4, -0.2) is 36.7 Å². The lowest BCUT2D eigenvalue weighted by atomic mass is 10.1. The Bertz CT molecular complexity index is 1140. The van der Waals surface area contributed by atoms with Gasteiger partial charge in [-0.25, -0.2) is 8.42 Å². The number of sulfonamides is 1. The summed E-state index contributed by atoms with van der Waals surface area (Å²) < 4.78 is 26.7. The van der Waals surface area contributed by atoms with Crippen LogP contribution in [0.2, 0.25) is 0 Å². The Morgan fingerprint density at radius 2 is 1.75 bits per heavy atom. The molecule has 1 aliphatic heterocycles. The zero-order chi connectivity index (χ0) is 19.7. The molecule has 0 saturated carbocycles. The Hall–Kier alpha value is -2.77. The predicted molar refractivity (Wildman–Crippen MR) is 109 cm³/mol. The highest BCUT2D eigenvalue weighted by Crippen LogP contribution is 2.24. The molecular formula is C21H21N3O3S. The van der Waals surface area contributed by atoms with Crippen molar-refractivity contribution in [2.45, 2.75) is 24.7 Å². The van der Waals surface area contributed by atoms with E-state index in [4.69, 9.17) is 0 Å². The van der Waals surface area contributed by atoms with Gasteiger partial charge in [-0.1, -0.05) is 11.6 Å². The first kappa shape index (κ1) is 18.6. The van der Waals surface area contributed by atoms with E-state index in [1.54, 1.807) is 24.4 Å². The van der Waals surface area contributed by atoms with Gasteiger partial charge in [0.25, 0.3) is 5.91 Å². The van der Waals surface area contributed by atoms with Crippen molar-refractivity contribution >= 4 is 32.5 Å². The van der Waals surface area contributed by atoms with E-state index in [9.17, 15) is 13.2 Å². The van der Waals surface area contributed by atoms with Crippen LogP contribution in [0.4, 0.5) is 5.69 Å². The molecule has 1 N–H and O–H groups in total. The summed E-state index contributed by atoms with van der Waals surface area (Å²) in [5, 5.41) is 3.77. The molecule has 3 aromatic rings. The highest BCUT2D eigenvalue weighted by Gasteiger charge is 2.27. The van der Waals surface area contributed by atoms with Crippen LogP contribution < -0.4 is 5.32 Å². The minimum Gasteiger partial charge on any atom is -0.321 e. The summed E-state index contributed by atoms with van der Waals surface area (Å²) in [5.74, 6) is -0.292. The summed E-state index contributed by atoms with van der Waals surface area (Å²) in [6, 6.07) is 13.7. The van der Waals surface area contributed by atoms with Crippen LogP contribution in [0, 0.1) is 6.92 Å². The summed E-state index contributed by atoms with van der Waals surface area (Å²) in [6.45, 7) is 3.09. The minimum atomic E-state index is -3.48. The average molecular weight is 395 g/mol. The first-order chi connectivity index (χ1) is 13.4. The van der Waals surface area contributed by atoms with Crippen molar-refractivity contribution in [3.63, 3.8) is 0 Å². The van der Waals surface area contributed by atoms with Crippen LogP contribution in [-0.2, 0) is 10.0 Å². The van der Waals surface area contributed by atoms with Crippen molar-refractivity contribution in [2.24, 2.45) is 0 Å². The SMILES string of the molecule is Cc1ccc2nccc(NC(=O)c3ccc(S(=O)(=O)N4CCCC4)cc3)c2c1. The molecular weight excluding hydrogens is 374 g/mol. The molecule has 0 spiro atoms.